The molecule has 0 saturated carbocycles. The molecule has 2 aromatic heterocycles. The van der Waals surface area contributed by atoms with E-state index in [-0.39, 0.29) is 11.8 Å². The Labute approximate surface area is 119 Å². The van der Waals surface area contributed by atoms with Crippen LogP contribution in [0.3, 0.4) is 0 Å². The van der Waals surface area contributed by atoms with Crippen LogP contribution < -0.4 is 11.1 Å². The second-order valence-electron chi connectivity index (χ2n) is 3.70. The maximum Gasteiger partial charge on any atom is 0.239 e. The van der Waals surface area contributed by atoms with Crippen molar-refractivity contribution in [3.8, 4) is 11.3 Å². The predicted molar refractivity (Wildman–Crippen MR) is 76.2 cm³/mol. The molecule has 19 heavy (non-hydrogen) atoms. The summed E-state index contributed by atoms with van der Waals surface area (Å²) < 4.78 is 0. The number of anilines is 2. The highest BCUT2D eigenvalue weighted by Crippen LogP contribution is 2.26. The summed E-state index contributed by atoms with van der Waals surface area (Å²) in [7, 11) is 0. The Hall–Kier alpha value is -1.85. The van der Waals surface area contributed by atoms with E-state index in [9.17, 15) is 4.79 Å². The van der Waals surface area contributed by atoms with Crippen LogP contribution in [-0.4, -0.2) is 21.8 Å². The highest BCUT2D eigenvalue weighted by molar-refractivity contribution is 6.34. The van der Waals surface area contributed by atoms with Crippen molar-refractivity contribution in [1.29, 1.82) is 0 Å². The topological polar surface area (TPSA) is 80.9 Å². The summed E-state index contributed by atoms with van der Waals surface area (Å²) in [5.74, 6) is -0.0832. The summed E-state index contributed by atoms with van der Waals surface area (Å²) in [5, 5.41) is 2.92. The number of halogens is 2. The minimum absolute atomic E-state index is 0.140. The van der Waals surface area contributed by atoms with Crippen LogP contribution in [0.5, 0.6) is 0 Å². The minimum atomic E-state index is -0.341. The number of pyridine rings is 2. The smallest absolute Gasteiger partial charge is 0.239 e. The first-order valence-electron chi connectivity index (χ1n) is 5.33. The molecule has 0 spiro atoms. The van der Waals surface area contributed by atoms with E-state index in [2.05, 4.69) is 15.3 Å². The SMILES string of the molecule is Nc1cc(-c2cc(Cl)c(NC(=O)CCl)cn2)ccn1. The molecule has 0 aliphatic rings. The van der Waals surface area contributed by atoms with Crippen LogP contribution in [0.2, 0.25) is 5.02 Å². The summed E-state index contributed by atoms with van der Waals surface area (Å²) in [6.07, 6.45) is 3.06. The van der Waals surface area contributed by atoms with Crippen molar-refractivity contribution in [3.05, 3.63) is 35.6 Å². The van der Waals surface area contributed by atoms with Gasteiger partial charge in [-0.3, -0.25) is 9.78 Å². The molecule has 2 heterocycles. The fourth-order valence-electron chi connectivity index (χ4n) is 1.47. The molecule has 0 radical (unpaired) electrons. The lowest BCUT2D eigenvalue weighted by molar-refractivity contribution is -0.113. The van der Waals surface area contributed by atoms with E-state index in [0.29, 0.717) is 22.2 Å². The van der Waals surface area contributed by atoms with Crippen LogP contribution in [0.25, 0.3) is 11.3 Å². The molecule has 3 N–H and O–H groups in total. The number of nitrogens with zero attached hydrogens (tertiary/aromatic N) is 2. The normalized spacial score (nSPS) is 10.2. The molecular weight excluding hydrogens is 287 g/mol. The van der Waals surface area contributed by atoms with Gasteiger partial charge in [0.2, 0.25) is 5.91 Å². The van der Waals surface area contributed by atoms with Crippen molar-refractivity contribution < 1.29 is 4.79 Å². The molecule has 0 aromatic carbocycles. The summed E-state index contributed by atoms with van der Waals surface area (Å²) in [4.78, 5) is 19.3. The zero-order valence-electron chi connectivity index (χ0n) is 9.73. The average molecular weight is 297 g/mol. The second-order valence-corrected chi connectivity index (χ2v) is 4.38. The molecule has 0 fully saturated rings. The monoisotopic (exact) mass is 296 g/mol. The van der Waals surface area contributed by atoms with Gasteiger partial charge in [0.15, 0.2) is 0 Å². The largest absolute Gasteiger partial charge is 0.384 e. The van der Waals surface area contributed by atoms with Crippen LogP contribution in [-0.2, 0) is 4.79 Å². The van der Waals surface area contributed by atoms with E-state index in [0.717, 1.165) is 5.56 Å². The Morgan fingerprint density at radius 1 is 1.37 bits per heavy atom. The average Bonchev–Trinajstić information content (AvgIpc) is 2.41. The van der Waals surface area contributed by atoms with Gasteiger partial charge in [-0.05, 0) is 18.2 Å². The number of nitrogen functional groups attached to an aromatic ring is 1. The van der Waals surface area contributed by atoms with Crippen LogP contribution in [0.4, 0.5) is 11.5 Å². The Bertz CT molecular complexity index is 618. The van der Waals surface area contributed by atoms with E-state index in [1.54, 1.807) is 24.4 Å². The third-order valence-electron chi connectivity index (χ3n) is 2.33. The van der Waals surface area contributed by atoms with Crippen molar-refractivity contribution in [1.82, 2.24) is 9.97 Å². The minimum Gasteiger partial charge on any atom is -0.384 e. The first-order valence-corrected chi connectivity index (χ1v) is 6.24. The number of rotatable bonds is 3. The Morgan fingerprint density at radius 2 is 2.16 bits per heavy atom. The van der Waals surface area contributed by atoms with Crippen molar-refractivity contribution in [3.63, 3.8) is 0 Å². The van der Waals surface area contributed by atoms with E-state index >= 15 is 0 Å². The van der Waals surface area contributed by atoms with Gasteiger partial charge in [-0.25, -0.2) is 4.98 Å². The number of hydrogen-bond acceptors (Lipinski definition) is 4. The zero-order chi connectivity index (χ0) is 13.8. The summed E-state index contributed by atoms with van der Waals surface area (Å²) >= 11 is 11.5. The molecule has 0 unspecified atom stereocenters. The number of nitrogens with two attached hydrogens (primary N) is 1. The zero-order valence-corrected chi connectivity index (χ0v) is 11.2. The maximum atomic E-state index is 11.2. The predicted octanol–water partition coefficient (Wildman–Crippen LogP) is 2.56. The Morgan fingerprint density at radius 3 is 2.79 bits per heavy atom. The summed E-state index contributed by atoms with van der Waals surface area (Å²) in [6.45, 7) is 0. The third kappa shape index (κ3) is 3.33. The molecule has 0 aliphatic carbocycles. The Kier molecular flexibility index (Phi) is 4.19. The maximum absolute atomic E-state index is 11.2. The van der Waals surface area contributed by atoms with E-state index in [1.165, 1.54) is 6.20 Å². The van der Waals surface area contributed by atoms with E-state index in [1.807, 2.05) is 0 Å². The fraction of sp³-hybridized carbons (Fsp3) is 0.0833. The van der Waals surface area contributed by atoms with Crippen molar-refractivity contribution in [2.75, 3.05) is 16.9 Å². The van der Waals surface area contributed by atoms with Crippen LogP contribution >= 0.6 is 23.2 Å². The molecule has 7 heteroatoms. The number of aromatic nitrogens is 2. The lowest BCUT2D eigenvalue weighted by Gasteiger charge is -2.07. The highest BCUT2D eigenvalue weighted by atomic mass is 35.5. The first-order chi connectivity index (χ1) is 9.10. The van der Waals surface area contributed by atoms with Crippen LogP contribution in [0.1, 0.15) is 0 Å². The molecule has 0 bridgehead atoms. The van der Waals surface area contributed by atoms with Gasteiger partial charge in [0.05, 0.1) is 22.6 Å². The van der Waals surface area contributed by atoms with Crippen molar-refractivity contribution >= 4 is 40.6 Å². The Balaban J connectivity index is 2.31. The number of carbonyl (C=O) groups excluding carboxylic acids is 1. The summed E-state index contributed by atoms with van der Waals surface area (Å²) in [6, 6.07) is 5.10. The van der Waals surface area contributed by atoms with Crippen molar-refractivity contribution in [2.45, 2.75) is 0 Å². The molecule has 1 amide bonds. The van der Waals surface area contributed by atoms with E-state index < -0.39 is 0 Å². The number of nitrogens with one attached hydrogen (secondary N) is 1. The van der Waals surface area contributed by atoms with Gasteiger partial charge in [0.1, 0.15) is 11.7 Å². The quantitative estimate of drug-likeness (QED) is 0.853. The summed E-state index contributed by atoms with van der Waals surface area (Å²) in [5.41, 5.74) is 7.46. The second kappa shape index (κ2) is 5.86. The standard InChI is InChI=1S/C12H10Cl2N4O/c13-5-12(19)18-10-6-17-9(4-8(10)14)7-1-2-16-11(15)3-7/h1-4,6H,5H2,(H2,15,16)(H,18,19). The number of amides is 1. The third-order valence-corrected chi connectivity index (χ3v) is 2.88. The van der Waals surface area contributed by atoms with Crippen molar-refractivity contribution in [2.24, 2.45) is 0 Å². The van der Waals surface area contributed by atoms with Gasteiger partial charge >= 0.3 is 0 Å². The van der Waals surface area contributed by atoms with Gasteiger partial charge in [0, 0.05) is 11.8 Å². The number of alkyl halides is 1. The molecule has 0 aliphatic heterocycles. The fourth-order valence-corrected chi connectivity index (χ4v) is 1.74. The number of carbonyl (C=O) groups is 1. The molecule has 2 rings (SSSR count). The van der Waals surface area contributed by atoms with Gasteiger partial charge in [0.25, 0.3) is 0 Å². The number of hydrogen-bond donors (Lipinski definition) is 2. The van der Waals surface area contributed by atoms with Gasteiger partial charge in [-0.1, -0.05) is 11.6 Å². The molecule has 98 valence electrons. The molecule has 2 aromatic rings. The molecule has 0 atom stereocenters. The van der Waals surface area contributed by atoms with Gasteiger partial charge < -0.3 is 11.1 Å². The van der Waals surface area contributed by atoms with E-state index in [4.69, 9.17) is 28.9 Å². The lowest BCUT2D eigenvalue weighted by Crippen LogP contribution is -2.13. The lowest BCUT2D eigenvalue weighted by atomic mass is 10.1. The highest BCUT2D eigenvalue weighted by Gasteiger charge is 2.08. The molecule has 5 nitrogen and oxygen atoms in total. The van der Waals surface area contributed by atoms with Crippen LogP contribution in [0, 0.1) is 0 Å². The molecular formula is C12H10Cl2N4O. The van der Waals surface area contributed by atoms with Gasteiger partial charge in [-0.15, -0.1) is 11.6 Å². The first kappa shape index (κ1) is 13.6. The molecule has 0 saturated heterocycles. The van der Waals surface area contributed by atoms with Crippen LogP contribution in [0.15, 0.2) is 30.6 Å². The van der Waals surface area contributed by atoms with Gasteiger partial charge in [-0.2, -0.15) is 0 Å².